The van der Waals surface area contributed by atoms with E-state index in [0.29, 0.717) is 17.7 Å². The van der Waals surface area contributed by atoms with Crippen molar-refractivity contribution < 1.29 is 18.7 Å². The summed E-state index contributed by atoms with van der Waals surface area (Å²) in [7, 11) is 1.62. The standard InChI is InChI=1S/C29H33FN2O3S/c1-21(2)31-29(34)27(17-22-9-5-4-6-10-22)32(18-24-11-7-8-12-26(24)30)28(33)20-36-19-23-13-15-25(35-3)16-14-23/h4-16,21,27H,17-20H2,1-3H3,(H,31,34)/t27-/m0/s1. The van der Waals surface area contributed by atoms with Crippen LogP contribution in [0.1, 0.15) is 30.5 Å². The summed E-state index contributed by atoms with van der Waals surface area (Å²) in [5, 5.41) is 2.95. The highest BCUT2D eigenvalue weighted by molar-refractivity contribution is 7.99. The largest absolute Gasteiger partial charge is 0.497 e. The van der Waals surface area contributed by atoms with Crippen LogP contribution in [0.3, 0.4) is 0 Å². The molecule has 5 nitrogen and oxygen atoms in total. The topological polar surface area (TPSA) is 58.6 Å². The molecule has 2 amide bonds. The van der Waals surface area contributed by atoms with Crippen LogP contribution in [0.25, 0.3) is 0 Å². The average molecular weight is 509 g/mol. The van der Waals surface area contributed by atoms with Crippen molar-refractivity contribution in [3.63, 3.8) is 0 Å². The van der Waals surface area contributed by atoms with Crippen molar-refractivity contribution in [2.45, 2.75) is 44.6 Å². The number of benzene rings is 3. The fourth-order valence-corrected chi connectivity index (χ4v) is 4.68. The molecule has 0 aliphatic carbocycles. The van der Waals surface area contributed by atoms with Gasteiger partial charge in [0.05, 0.1) is 12.9 Å². The third-order valence-corrected chi connectivity index (χ3v) is 6.64. The van der Waals surface area contributed by atoms with Crippen LogP contribution in [0.4, 0.5) is 4.39 Å². The number of nitrogens with zero attached hydrogens (tertiary/aromatic N) is 1. The first-order valence-corrected chi connectivity index (χ1v) is 13.1. The second kappa shape index (κ2) is 13.7. The third-order valence-electron chi connectivity index (χ3n) is 5.65. The van der Waals surface area contributed by atoms with E-state index < -0.39 is 11.9 Å². The highest BCUT2D eigenvalue weighted by atomic mass is 32.2. The van der Waals surface area contributed by atoms with Crippen molar-refractivity contribution in [3.05, 3.63) is 101 Å². The molecule has 0 aliphatic rings. The Morgan fingerprint density at radius 1 is 0.944 bits per heavy atom. The van der Waals surface area contributed by atoms with E-state index >= 15 is 0 Å². The lowest BCUT2D eigenvalue weighted by Crippen LogP contribution is -2.52. The number of hydrogen-bond acceptors (Lipinski definition) is 4. The Morgan fingerprint density at radius 3 is 2.25 bits per heavy atom. The zero-order valence-electron chi connectivity index (χ0n) is 20.9. The first-order chi connectivity index (χ1) is 17.4. The molecule has 0 spiro atoms. The maximum Gasteiger partial charge on any atom is 0.243 e. The van der Waals surface area contributed by atoms with E-state index in [1.807, 2.05) is 68.4 Å². The van der Waals surface area contributed by atoms with Gasteiger partial charge in [0.25, 0.3) is 0 Å². The van der Waals surface area contributed by atoms with E-state index in [-0.39, 0.29) is 30.2 Å². The number of nitrogens with one attached hydrogen (secondary N) is 1. The fourth-order valence-electron chi connectivity index (χ4n) is 3.81. The average Bonchev–Trinajstić information content (AvgIpc) is 2.87. The summed E-state index contributed by atoms with van der Waals surface area (Å²) < 4.78 is 19.8. The molecule has 1 N–H and O–H groups in total. The van der Waals surface area contributed by atoms with Gasteiger partial charge in [-0.25, -0.2) is 4.39 Å². The Labute approximate surface area is 217 Å². The first-order valence-electron chi connectivity index (χ1n) is 11.9. The maximum atomic E-state index is 14.6. The van der Waals surface area contributed by atoms with Crippen molar-refractivity contribution in [2.24, 2.45) is 0 Å². The van der Waals surface area contributed by atoms with Gasteiger partial charge in [-0.1, -0.05) is 60.7 Å². The lowest BCUT2D eigenvalue weighted by Gasteiger charge is -2.32. The smallest absolute Gasteiger partial charge is 0.243 e. The summed E-state index contributed by atoms with van der Waals surface area (Å²) in [5.41, 5.74) is 2.37. The lowest BCUT2D eigenvalue weighted by atomic mass is 10.0. The van der Waals surface area contributed by atoms with E-state index in [9.17, 15) is 14.0 Å². The predicted molar refractivity (Wildman–Crippen MR) is 143 cm³/mol. The number of thioether (sulfide) groups is 1. The highest BCUT2D eigenvalue weighted by Gasteiger charge is 2.31. The van der Waals surface area contributed by atoms with Crippen LogP contribution in [0.5, 0.6) is 5.75 Å². The second-order valence-electron chi connectivity index (χ2n) is 8.82. The minimum Gasteiger partial charge on any atom is -0.497 e. The molecule has 3 aromatic carbocycles. The minimum atomic E-state index is -0.775. The molecule has 0 bridgehead atoms. The third kappa shape index (κ3) is 8.12. The maximum absolute atomic E-state index is 14.6. The number of methoxy groups -OCH3 is 1. The molecule has 3 aromatic rings. The van der Waals surface area contributed by atoms with Crippen molar-refractivity contribution >= 4 is 23.6 Å². The van der Waals surface area contributed by atoms with Crippen LogP contribution in [-0.4, -0.2) is 41.7 Å². The molecule has 0 saturated heterocycles. The summed E-state index contributed by atoms with van der Waals surface area (Å²) in [6, 6.07) is 22.8. The van der Waals surface area contributed by atoms with Crippen LogP contribution in [0, 0.1) is 5.82 Å². The van der Waals surface area contributed by atoms with E-state index in [0.717, 1.165) is 16.9 Å². The summed E-state index contributed by atoms with van der Waals surface area (Å²) >= 11 is 1.46. The number of rotatable bonds is 12. The molecule has 0 radical (unpaired) electrons. The molecule has 36 heavy (non-hydrogen) atoms. The summed E-state index contributed by atoms with van der Waals surface area (Å²) in [5.74, 6) is 0.709. The van der Waals surface area contributed by atoms with Crippen LogP contribution in [0.2, 0.25) is 0 Å². The number of hydrogen-bond donors (Lipinski definition) is 1. The first kappa shape index (κ1) is 27.3. The molecule has 0 fully saturated rings. The van der Waals surface area contributed by atoms with E-state index in [1.165, 1.54) is 22.7 Å². The van der Waals surface area contributed by atoms with Crippen molar-refractivity contribution in [1.82, 2.24) is 10.2 Å². The normalized spacial score (nSPS) is 11.7. The predicted octanol–water partition coefficient (Wildman–Crippen LogP) is 5.23. The van der Waals surface area contributed by atoms with Gasteiger partial charge in [0.15, 0.2) is 0 Å². The lowest BCUT2D eigenvalue weighted by molar-refractivity contribution is -0.139. The van der Waals surface area contributed by atoms with E-state index in [4.69, 9.17) is 4.74 Å². The summed E-state index contributed by atoms with van der Waals surface area (Å²) in [4.78, 5) is 28.4. The second-order valence-corrected chi connectivity index (χ2v) is 9.81. The zero-order chi connectivity index (χ0) is 25.9. The summed E-state index contributed by atoms with van der Waals surface area (Å²) in [6.45, 7) is 3.77. The Balaban J connectivity index is 1.83. The van der Waals surface area contributed by atoms with Gasteiger partial charge in [-0.15, -0.1) is 11.8 Å². The summed E-state index contributed by atoms with van der Waals surface area (Å²) in [6.07, 6.45) is 0.336. The quantitative estimate of drug-likeness (QED) is 0.364. The molecule has 0 heterocycles. The highest BCUT2D eigenvalue weighted by Crippen LogP contribution is 2.21. The molecule has 0 aromatic heterocycles. The van der Waals surface area contributed by atoms with Crippen LogP contribution >= 0.6 is 11.8 Å². The SMILES string of the molecule is COc1ccc(CSCC(=O)N(Cc2ccccc2F)[C@@H](Cc2ccccc2)C(=O)NC(C)C)cc1. The molecular formula is C29H33FN2O3S. The number of amides is 2. The monoisotopic (exact) mass is 508 g/mol. The molecular weight excluding hydrogens is 475 g/mol. The molecule has 3 rings (SSSR count). The van der Waals surface area contributed by atoms with Crippen molar-refractivity contribution in [1.29, 1.82) is 0 Å². The number of ether oxygens (including phenoxy) is 1. The molecule has 1 atom stereocenters. The van der Waals surface area contributed by atoms with Gasteiger partial charge in [-0.2, -0.15) is 0 Å². The van der Waals surface area contributed by atoms with Crippen molar-refractivity contribution in [3.8, 4) is 5.75 Å². The zero-order valence-corrected chi connectivity index (χ0v) is 21.8. The van der Waals surface area contributed by atoms with Crippen LogP contribution in [0.15, 0.2) is 78.9 Å². The number of halogens is 1. The fraction of sp³-hybridized carbons (Fsp3) is 0.310. The Bertz CT molecular complexity index is 1120. The van der Waals surface area contributed by atoms with Gasteiger partial charge in [-0.05, 0) is 43.2 Å². The van der Waals surface area contributed by atoms with Crippen LogP contribution < -0.4 is 10.1 Å². The Hall–Kier alpha value is -3.32. The van der Waals surface area contributed by atoms with Gasteiger partial charge < -0.3 is 15.0 Å². The van der Waals surface area contributed by atoms with E-state index in [2.05, 4.69) is 5.32 Å². The Morgan fingerprint density at radius 2 is 1.61 bits per heavy atom. The van der Waals surface area contributed by atoms with Crippen LogP contribution in [-0.2, 0) is 28.3 Å². The number of carbonyl (C=O) groups is 2. The molecule has 0 aliphatic heterocycles. The van der Waals surface area contributed by atoms with Gasteiger partial charge in [-0.3, -0.25) is 9.59 Å². The number of carbonyl (C=O) groups excluding carboxylic acids is 2. The molecule has 190 valence electrons. The van der Waals surface area contributed by atoms with E-state index in [1.54, 1.807) is 25.3 Å². The van der Waals surface area contributed by atoms with Gasteiger partial charge >= 0.3 is 0 Å². The van der Waals surface area contributed by atoms with Gasteiger partial charge in [0.2, 0.25) is 11.8 Å². The van der Waals surface area contributed by atoms with Gasteiger partial charge in [0, 0.05) is 30.3 Å². The van der Waals surface area contributed by atoms with Crippen molar-refractivity contribution in [2.75, 3.05) is 12.9 Å². The molecule has 0 saturated carbocycles. The Kier molecular flexibility index (Phi) is 10.4. The minimum absolute atomic E-state index is 0.0115. The molecule has 0 unspecified atom stereocenters. The van der Waals surface area contributed by atoms with Gasteiger partial charge in [0.1, 0.15) is 17.6 Å². The molecule has 7 heteroatoms.